The van der Waals surface area contributed by atoms with Gasteiger partial charge < -0.3 is 14.8 Å². The van der Waals surface area contributed by atoms with E-state index in [0.717, 1.165) is 42.8 Å². The minimum atomic E-state index is 0.478. The average Bonchev–Trinajstić information content (AvgIpc) is 3.13. The molecule has 0 aliphatic carbocycles. The third-order valence-corrected chi connectivity index (χ3v) is 4.11. The van der Waals surface area contributed by atoms with Gasteiger partial charge in [0.2, 0.25) is 11.8 Å². The van der Waals surface area contributed by atoms with Crippen LogP contribution in [0.5, 0.6) is 5.88 Å². The number of fused-ring (bicyclic) bond motifs is 1. The van der Waals surface area contributed by atoms with Gasteiger partial charge in [0.15, 0.2) is 0 Å². The molecule has 1 N–H and O–H groups in total. The first-order chi connectivity index (χ1) is 9.86. The summed E-state index contributed by atoms with van der Waals surface area (Å²) in [7, 11) is 0. The van der Waals surface area contributed by atoms with Gasteiger partial charge in [0.1, 0.15) is 4.83 Å². The highest BCUT2D eigenvalue weighted by molar-refractivity contribution is 7.16. The van der Waals surface area contributed by atoms with E-state index in [4.69, 9.17) is 9.47 Å². The second-order valence-corrected chi connectivity index (χ2v) is 5.85. The van der Waals surface area contributed by atoms with E-state index in [-0.39, 0.29) is 0 Å². The third kappa shape index (κ3) is 3.02. The van der Waals surface area contributed by atoms with E-state index in [1.165, 1.54) is 0 Å². The molecule has 1 aliphatic heterocycles. The second kappa shape index (κ2) is 6.37. The van der Waals surface area contributed by atoms with Crippen molar-refractivity contribution < 1.29 is 9.47 Å². The normalized spacial score (nSPS) is 18.6. The quantitative estimate of drug-likeness (QED) is 0.887. The van der Waals surface area contributed by atoms with Gasteiger partial charge in [-0.3, -0.25) is 0 Å². The summed E-state index contributed by atoms with van der Waals surface area (Å²) >= 11 is 1.61. The first kappa shape index (κ1) is 13.6. The van der Waals surface area contributed by atoms with Crippen LogP contribution in [0.1, 0.15) is 19.8 Å². The molecule has 0 saturated carbocycles. The zero-order valence-electron chi connectivity index (χ0n) is 11.6. The zero-order chi connectivity index (χ0) is 13.8. The number of nitrogens with one attached hydrogen (secondary N) is 1. The lowest BCUT2D eigenvalue weighted by Crippen LogP contribution is -2.13. The van der Waals surface area contributed by atoms with Gasteiger partial charge in [-0.1, -0.05) is 6.92 Å². The summed E-state index contributed by atoms with van der Waals surface area (Å²) in [5.74, 6) is 1.81. The first-order valence-corrected chi connectivity index (χ1v) is 7.94. The first-order valence-electron chi connectivity index (χ1n) is 7.06. The van der Waals surface area contributed by atoms with Gasteiger partial charge in [-0.25, -0.2) is 4.98 Å². The van der Waals surface area contributed by atoms with Crippen LogP contribution in [-0.2, 0) is 4.74 Å². The van der Waals surface area contributed by atoms with Crippen molar-refractivity contribution in [2.45, 2.75) is 19.8 Å². The Hall–Kier alpha value is -1.40. The molecule has 20 heavy (non-hydrogen) atoms. The molecule has 1 unspecified atom stereocenters. The van der Waals surface area contributed by atoms with Crippen molar-refractivity contribution in [1.29, 1.82) is 0 Å². The Labute approximate surface area is 122 Å². The van der Waals surface area contributed by atoms with E-state index in [1.807, 2.05) is 11.4 Å². The maximum atomic E-state index is 5.92. The van der Waals surface area contributed by atoms with Crippen LogP contribution in [0.15, 0.2) is 11.4 Å². The molecular formula is C14H19N3O2S. The van der Waals surface area contributed by atoms with Crippen molar-refractivity contribution in [1.82, 2.24) is 9.97 Å². The summed E-state index contributed by atoms with van der Waals surface area (Å²) in [5.41, 5.74) is 0. The summed E-state index contributed by atoms with van der Waals surface area (Å²) in [6, 6.07) is 2.02. The number of hydrogen-bond acceptors (Lipinski definition) is 6. The number of rotatable bonds is 6. The van der Waals surface area contributed by atoms with Gasteiger partial charge in [-0.2, -0.15) is 4.98 Å². The molecule has 5 nitrogen and oxygen atoms in total. The number of ether oxygens (including phenoxy) is 2. The molecule has 108 valence electrons. The minimum absolute atomic E-state index is 0.478. The van der Waals surface area contributed by atoms with Crippen molar-refractivity contribution >= 4 is 27.5 Å². The van der Waals surface area contributed by atoms with E-state index in [0.29, 0.717) is 24.4 Å². The molecule has 0 amide bonds. The molecule has 0 bridgehead atoms. The molecule has 2 aromatic heterocycles. The van der Waals surface area contributed by atoms with E-state index < -0.39 is 0 Å². The van der Waals surface area contributed by atoms with Crippen LogP contribution in [0, 0.1) is 5.92 Å². The predicted molar refractivity (Wildman–Crippen MR) is 80.6 cm³/mol. The van der Waals surface area contributed by atoms with E-state index in [9.17, 15) is 0 Å². The maximum Gasteiger partial charge on any atom is 0.227 e. The van der Waals surface area contributed by atoms with Gasteiger partial charge >= 0.3 is 0 Å². The van der Waals surface area contributed by atoms with E-state index in [1.54, 1.807) is 11.3 Å². The second-order valence-electron chi connectivity index (χ2n) is 4.96. The SMILES string of the molecule is CCCNc1nc(OCC2CCOC2)c2ccsc2n1. The minimum Gasteiger partial charge on any atom is -0.477 e. The Morgan fingerprint density at radius 2 is 2.45 bits per heavy atom. The Morgan fingerprint density at radius 3 is 3.25 bits per heavy atom. The van der Waals surface area contributed by atoms with Gasteiger partial charge in [-0.15, -0.1) is 11.3 Å². The highest BCUT2D eigenvalue weighted by atomic mass is 32.1. The van der Waals surface area contributed by atoms with Crippen molar-refractivity contribution in [3.05, 3.63) is 11.4 Å². The van der Waals surface area contributed by atoms with Crippen LogP contribution in [0.4, 0.5) is 5.95 Å². The molecule has 6 heteroatoms. The van der Waals surface area contributed by atoms with Crippen molar-refractivity contribution in [3.8, 4) is 5.88 Å². The van der Waals surface area contributed by atoms with Gasteiger partial charge in [0.05, 0.1) is 18.6 Å². The van der Waals surface area contributed by atoms with Crippen LogP contribution in [0.25, 0.3) is 10.2 Å². The number of nitrogens with zero attached hydrogens (tertiary/aromatic N) is 2. The molecule has 3 heterocycles. The largest absolute Gasteiger partial charge is 0.477 e. The summed E-state index contributed by atoms with van der Waals surface area (Å²) < 4.78 is 11.3. The molecule has 0 aromatic carbocycles. The Morgan fingerprint density at radius 1 is 1.50 bits per heavy atom. The molecule has 1 aliphatic rings. The van der Waals surface area contributed by atoms with Gasteiger partial charge in [-0.05, 0) is 24.3 Å². The lowest BCUT2D eigenvalue weighted by molar-refractivity contribution is 0.166. The van der Waals surface area contributed by atoms with E-state index in [2.05, 4.69) is 22.2 Å². The van der Waals surface area contributed by atoms with Crippen LogP contribution in [0.3, 0.4) is 0 Å². The average molecular weight is 293 g/mol. The number of thiophene rings is 1. The third-order valence-electron chi connectivity index (χ3n) is 3.30. The maximum absolute atomic E-state index is 5.92. The monoisotopic (exact) mass is 293 g/mol. The highest BCUT2D eigenvalue weighted by Gasteiger charge is 2.18. The van der Waals surface area contributed by atoms with Crippen LogP contribution < -0.4 is 10.1 Å². The van der Waals surface area contributed by atoms with Crippen LogP contribution in [0.2, 0.25) is 0 Å². The van der Waals surface area contributed by atoms with Crippen LogP contribution >= 0.6 is 11.3 Å². The molecule has 1 fully saturated rings. The van der Waals surface area contributed by atoms with Crippen molar-refractivity contribution in [2.75, 3.05) is 31.7 Å². The van der Waals surface area contributed by atoms with E-state index >= 15 is 0 Å². The highest BCUT2D eigenvalue weighted by Crippen LogP contribution is 2.28. The standard InChI is InChI=1S/C14H19N3O2S/c1-2-5-15-14-16-12(11-4-7-20-13(11)17-14)19-9-10-3-6-18-8-10/h4,7,10H,2-3,5-6,8-9H2,1H3,(H,15,16,17). The Bertz CT molecular complexity index is 567. The molecule has 1 atom stereocenters. The Kier molecular flexibility index (Phi) is 4.32. The summed E-state index contributed by atoms with van der Waals surface area (Å²) in [6.07, 6.45) is 2.11. The fraction of sp³-hybridized carbons (Fsp3) is 0.571. The lowest BCUT2D eigenvalue weighted by atomic mass is 10.1. The zero-order valence-corrected chi connectivity index (χ0v) is 12.4. The smallest absolute Gasteiger partial charge is 0.227 e. The van der Waals surface area contributed by atoms with Crippen molar-refractivity contribution in [2.24, 2.45) is 5.92 Å². The van der Waals surface area contributed by atoms with Crippen molar-refractivity contribution in [3.63, 3.8) is 0 Å². The molecule has 2 aromatic rings. The summed E-state index contributed by atoms with van der Waals surface area (Å²) in [6.45, 7) is 5.28. The number of hydrogen-bond donors (Lipinski definition) is 1. The molecular weight excluding hydrogens is 274 g/mol. The molecule has 0 spiro atoms. The topological polar surface area (TPSA) is 56.3 Å². The molecule has 3 rings (SSSR count). The lowest BCUT2D eigenvalue weighted by Gasteiger charge is -2.11. The van der Waals surface area contributed by atoms with Crippen LogP contribution in [-0.4, -0.2) is 36.3 Å². The predicted octanol–water partition coefficient (Wildman–Crippen LogP) is 2.93. The number of anilines is 1. The molecule has 1 saturated heterocycles. The number of aromatic nitrogens is 2. The summed E-state index contributed by atoms with van der Waals surface area (Å²) in [4.78, 5) is 9.97. The molecule has 0 radical (unpaired) electrons. The van der Waals surface area contributed by atoms with Gasteiger partial charge in [0, 0.05) is 19.1 Å². The summed E-state index contributed by atoms with van der Waals surface area (Å²) in [5, 5.41) is 6.24. The fourth-order valence-electron chi connectivity index (χ4n) is 2.17. The Balaban J connectivity index is 1.77. The van der Waals surface area contributed by atoms with Gasteiger partial charge in [0.25, 0.3) is 0 Å². The fourth-order valence-corrected chi connectivity index (χ4v) is 2.92.